The fraction of sp³-hybridized carbons (Fsp3) is 0. The maximum Gasteiger partial charge on any atom is 0.372 e. The van der Waals surface area contributed by atoms with Crippen LogP contribution in [0.4, 0.5) is 0 Å². The third-order valence-electron chi connectivity index (χ3n) is 1.52. The summed E-state index contributed by atoms with van der Waals surface area (Å²) in [5, 5.41) is 17.3. The molecule has 16 heavy (non-hydrogen) atoms. The van der Waals surface area contributed by atoms with Crippen LogP contribution in [0.1, 0.15) is 0 Å². The van der Waals surface area contributed by atoms with E-state index in [-0.39, 0.29) is 10.8 Å². The Kier molecular flexibility index (Phi) is 3.90. The van der Waals surface area contributed by atoms with Gasteiger partial charge in [0.2, 0.25) is 5.76 Å². The fourth-order valence-electron chi connectivity index (χ4n) is 0.893. The van der Waals surface area contributed by atoms with Crippen molar-refractivity contribution in [3.63, 3.8) is 0 Å². The van der Waals surface area contributed by atoms with E-state index in [1.807, 2.05) is 0 Å². The van der Waals surface area contributed by atoms with E-state index in [0.717, 1.165) is 0 Å². The molecule has 0 bridgehead atoms. The smallest absolute Gasteiger partial charge is 0.372 e. The predicted octanol–water partition coefficient (Wildman–Crippen LogP) is 1.77. The zero-order valence-corrected chi connectivity index (χ0v) is 8.64. The summed E-state index contributed by atoms with van der Waals surface area (Å²) in [6, 6.07) is 6.15. The normalized spacial score (nSPS) is 10.9. The van der Waals surface area contributed by atoms with Gasteiger partial charge in [0.1, 0.15) is 5.75 Å². The lowest BCUT2D eigenvalue weighted by Crippen LogP contribution is -2.10. The van der Waals surface area contributed by atoms with Gasteiger partial charge in [-0.1, -0.05) is 23.7 Å². The summed E-state index contributed by atoms with van der Waals surface area (Å²) >= 11 is 5.72. The highest BCUT2D eigenvalue weighted by molar-refractivity contribution is 6.32. The number of hydrogen-bond donors (Lipinski definition) is 2. The number of aliphatic carboxylic acids is 2. The van der Waals surface area contributed by atoms with Crippen LogP contribution in [0.15, 0.2) is 36.1 Å². The number of hydrogen-bond acceptors (Lipinski definition) is 3. The third-order valence-corrected chi connectivity index (χ3v) is 1.83. The molecule has 0 radical (unpaired) electrons. The van der Waals surface area contributed by atoms with Crippen molar-refractivity contribution in [2.45, 2.75) is 0 Å². The van der Waals surface area contributed by atoms with Gasteiger partial charge in [-0.3, -0.25) is 0 Å². The molecule has 0 heterocycles. The molecule has 0 saturated heterocycles. The lowest BCUT2D eigenvalue weighted by Gasteiger charge is -2.06. The molecular weight excluding hydrogens is 236 g/mol. The number of para-hydroxylation sites is 1. The highest BCUT2D eigenvalue weighted by Crippen LogP contribution is 2.25. The van der Waals surface area contributed by atoms with E-state index in [2.05, 4.69) is 0 Å². The standard InChI is InChI=1S/C10H7ClO5/c11-6-3-1-2-4-7(6)16-8(10(14)15)5-9(12)13/h1-5H,(H,12,13)(H,14,15)/b8-5+. The van der Waals surface area contributed by atoms with Crippen molar-refractivity contribution < 1.29 is 24.5 Å². The van der Waals surface area contributed by atoms with Crippen LogP contribution < -0.4 is 4.74 Å². The Morgan fingerprint density at radius 2 is 1.88 bits per heavy atom. The summed E-state index contributed by atoms with van der Waals surface area (Å²) in [6.07, 6.45) is 0.450. The van der Waals surface area contributed by atoms with Gasteiger partial charge in [-0.05, 0) is 12.1 Å². The van der Waals surface area contributed by atoms with E-state index in [9.17, 15) is 9.59 Å². The molecule has 1 aromatic carbocycles. The SMILES string of the molecule is O=C(O)/C=C(/Oc1ccccc1Cl)C(=O)O. The Morgan fingerprint density at radius 1 is 1.25 bits per heavy atom. The number of carboxylic acids is 2. The fourth-order valence-corrected chi connectivity index (χ4v) is 1.07. The third kappa shape index (κ3) is 3.29. The molecule has 0 aromatic heterocycles. The number of ether oxygens (including phenoxy) is 1. The molecule has 5 nitrogen and oxygen atoms in total. The van der Waals surface area contributed by atoms with Gasteiger partial charge in [0.05, 0.1) is 11.1 Å². The van der Waals surface area contributed by atoms with Gasteiger partial charge in [-0.2, -0.15) is 0 Å². The van der Waals surface area contributed by atoms with Crippen LogP contribution in [-0.4, -0.2) is 22.2 Å². The van der Waals surface area contributed by atoms with Crippen molar-refractivity contribution in [2.75, 3.05) is 0 Å². The van der Waals surface area contributed by atoms with Crippen LogP contribution in [0.25, 0.3) is 0 Å². The maximum absolute atomic E-state index is 10.7. The number of rotatable bonds is 4. The first-order chi connectivity index (χ1) is 7.50. The van der Waals surface area contributed by atoms with Gasteiger partial charge in [0.15, 0.2) is 0 Å². The molecule has 1 rings (SSSR count). The summed E-state index contributed by atoms with van der Waals surface area (Å²) in [5.41, 5.74) is 0. The minimum atomic E-state index is -1.48. The summed E-state index contributed by atoms with van der Waals surface area (Å²) < 4.78 is 4.87. The van der Waals surface area contributed by atoms with E-state index in [4.69, 9.17) is 26.6 Å². The van der Waals surface area contributed by atoms with Crippen molar-refractivity contribution in [3.8, 4) is 5.75 Å². The Hall–Kier alpha value is -2.01. The number of halogens is 1. The molecule has 0 unspecified atom stereocenters. The number of benzene rings is 1. The molecule has 2 N–H and O–H groups in total. The highest BCUT2D eigenvalue weighted by Gasteiger charge is 2.13. The van der Waals surface area contributed by atoms with E-state index in [1.165, 1.54) is 12.1 Å². The van der Waals surface area contributed by atoms with Gasteiger partial charge >= 0.3 is 11.9 Å². The lowest BCUT2D eigenvalue weighted by molar-refractivity contribution is -0.137. The molecule has 0 aliphatic rings. The van der Waals surface area contributed by atoms with E-state index < -0.39 is 17.7 Å². The Bertz CT molecular complexity index is 452. The van der Waals surface area contributed by atoms with Crippen LogP contribution in [0.3, 0.4) is 0 Å². The summed E-state index contributed by atoms with van der Waals surface area (Å²) in [7, 11) is 0. The van der Waals surface area contributed by atoms with Crippen molar-refractivity contribution >= 4 is 23.5 Å². The van der Waals surface area contributed by atoms with E-state index >= 15 is 0 Å². The quantitative estimate of drug-likeness (QED) is 0.621. The molecule has 0 saturated carbocycles. The van der Waals surface area contributed by atoms with E-state index in [0.29, 0.717) is 6.08 Å². The van der Waals surface area contributed by atoms with E-state index in [1.54, 1.807) is 12.1 Å². The summed E-state index contributed by atoms with van der Waals surface area (Å²) in [6.45, 7) is 0. The number of carbonyl (C=O) groups is 2. The average Bonchev–Trinajstić information content (AvgIpc) is 2.19. The van der Waals surface area contributed by atoms with Crippen molar-refractivity contribution in [1.82, 2.24) is 0 Å². The lowest BCUT2D eigenvalue weighted by atomic mass is 10.3. The minimum absolute atomic E-state index is 0.0825. The molecule has 84 valence electrons. The van der Waals surface area contributed by atoms with Crippen molar-refractivity contribution in [1.29, 1.82) is 0 Å². The van der Waals surface area contributed by atoms with Crippen molar-refractivity contribution in [2.24, 2.45) is 0 Å². The van der Waals surface area contributed by atoms with Crippen LogP contribution in [0, 0.1) is 0 Å². The molecule has 0 amide bonds. The van der Waals surface area contributed by atoms with Crippen LogP contribution in [0.2, 0.25) is 5.02 Å². The zero-order chi connectivity index (χ0) is 12.1. The predicted molar refractivity (Wildman–Crippen MR) is 55.4 cm³/mol. The Morgan fingerprint density at radius 3 is 2.38 bits per heavy atom. The molecule has 0 atom stereocenters. The molecule has 0 fully saturated rings. The van der Waals surface area contributed by atoms with Gasteiger partial charge in [0.25, 0.3) is 0 Å². The summed E-state index contributed by atoms with van der Waals surface area (Å²) in [4.78, 5) is 21.0. The summed E-state index contributed by atoms with van der Waals surface area (Å²) in [5.74, 6) is -3.52. The Balaban J connectivity index is 2.98. The van der Waals surface area contributed by atoms with Crippen molar-refractivity contribution in [3.05, 3.63) is 41.1 Å². The topological polar surface area (TPSA) is 83.8 Å². The molecule has 1 aromatic rings. The van der Waals surface area contributed by atoms with Crippen LogP contribution in [-0.2, 0) is 9.59 Å². The van der Waals surface area contributed by atoms with Gasteiger partial charge < -0.3 is 14.9 Å². The first kappa shape index (κ1) is 12.1. The zero-order valence-electron chi connectivity index (χ0n) is 7.88. The molecule has 6 heteroatoms. The second-order valence-electron chi connectivity index (χ2n) is 2.68. The molecule has 0 spiro atoms. The number of carboxylic acid groups (broad SMARTS) is 2. The first-order valence-corrected chi connectivity index (χ1v) is 4.49. The minimum Gasteiger partial charge on any atom is -0.478 e. The maximum atomic E-state index is 10.7. The van der Waals surface area contributed by atoms with Gasteiger partial charge in [-0.25, -0.2) is 9.59 Å². The second-order valence-corrected chi connectivity index (χ2v) is 3.09. The van der Waals surface area contributed by atoms with Crippen LogP contribution in [0.5, 0.6) is 5.75 Å². The molecular formula is C10H7ClO5. The van der Waals surface area contributed by atoms with Gasteiger partial charge in [-0.15, -0.1) is 0 Å². The van der Waals surface area contributed by atoms with Gasteiger partial charge in [0, 0.05) is 0 Å². The van der Waals surface area contributed by atoms with Crippen LogP contribution >= 0.6 is 11.6 Å². The first-order valence-electron chi connectivity index (χ1n) is 4.11. The molecule has 0 aliphatic carbocycles. The largest absolute Gasteiger partial charge is 0.478 e. The highest BCUT2D eigenvalue weighted by atomic mass is 35.5. The Labute approximate surface area is 95.5 Å². The average molecular weight is 243 g/mol. The monoisotopic (exact) mass is 242 g/mol. The second kappa shape index (κ2) is 5.18. The molecule has 0 aliphatic heterocycles.